The molecule has 0 fully saturated rings. The van der Waals surface area contributed by atoms with Gasteiger partial charge in [-0.2, -0.15) is 0 Å². The molecule has 0 radical (unpaired) electrons. The van der Waals surface area contributed by atoms with Gasteiger partial charge in [-0.3, -0.25) is 9.59 Å². The molecule has 2 nitrogen and oxygen atoms in total. The highest BCUT2D eigenvalue weighted by Crippen LogP contribution is 2.12. The number of Topliss-reactive ketones (excluding diaryl/α,β-unsaturated/α-hetero) is 2. The Balaban J connectivity index is 2.15. The van der Waals surface area contributed by atoms with Crippen LogP contribution in [0, 0.1) is 6.92 Å². The van der Waals surface area contributed by atoms with Gasteiger partial charge in [0.2, 0.25) is 0 Å². The van der Waals surface area contributed by atoms with Crippen molar-refractivity contribution in [2.24, 2.45) is 0 Å². The molecule has 0 heterocycles. The number of hydrogen-bond acceptors (Lipinski definition) is 2. The number of carbonyl (C=O) groups is 2. The zero-order valence-electron chi connectivity index (χ0n) is 11.1. The molecule has 2 heteroatoms. The molecule has 0 bridgehead atoms. The first-order chi connectivity index (χ1) is 9.08. The van der Waals surface area contributed by atoms with Crippen molar-refractivity contribution < 1.29 is 9.59 Å². The maximum absolute atomic E-state index is 12.2. The Morgan fingerprint density at radius 2 is 1.58 bits per heavy atom. The Hall–Kier alpha value is -2.22. The monoisotopic (exact) mass is 252 g/mol. The highest BCUT2D eigenvalue weighted by atomic mass is 16.1. The first-order valence-corrected chi connectivity index (χ1v) is 6.26. The zero-order valence-corrected chi connectivity index (χ0v) is 11.1. The second-order valence-electron chi connectivity index (χ2n) is 4.67. The van der Waals surface area contributed by atoms with Crippen LogP contribution in [0.25, 0.3) is 0 Å². The van der Waals surface area contributed by atoms with Crippen molar-refractivity contribution in [3.05, 3.63) is 70.8 Å². The molecule has 0 amide bonds. The smallest absolute Gasteiger partial charge is 0.167 e. The summed E-state index contributed by atoms with van der Waals surface area (Å²) in [5.41, 5.74) is 3.36. The van der Waals surface area contributed by atoms with Gasteiger partial charge in [-0.25, -0.2) is 0 Å². The Labute approximate surface area is 113 Å². The summed E-state index contributed by atoms with van der Waals surface area (Å²) in [6.45, 7) is 3.47. The number of hydrogen-bond donors (Lipinski definition) is 0. The third kappa shape index (κ3) is 3.16. The van der Waals surface area contributed by atoms with Crippen LogP contribution < -0.4 is 0 Å². The van der Waals surface area contributed by atoms with Crippen LogP contribution in [0.4, 0.5) is 0 Å². The molecule has 0 aliphatic heterocycles. The van der Waals surface area contributed by atoms with Crippen LogP contribution in [0.2, 0.25) is 0 Å². The van der Waals surface area contributed by atoms with Crippen molar-refractivity contribution in [3.63, 3.8) is 0 Å². The Kier molecular flexibility index (Phi) is 3.91. The first kappa shape index (κ1) is 13.2. The van der Waals surface area contributed by atoms with Crippen LogP contribution in [0.3, 0.4) is 0 Å². The summed E-state index contributed by atoms with van der Waals surface area (Å²) in [6.07, 6.45) is 0.364. The van der Waals surface area contributed by atoms with E-state index in [0.717, 1.165) is 16.7 Å². The second-order valence-corrected chi connectivity index (χ2v) is 4.67. The molecule has 2 rings (SSSR count). The van der Waals surface area contributed by atoms with Gasteiger partial charge in [-0.15, -0.1) is 0 Å². The fourth-order valence-corrected chi connectivity index (χ4v) is 2.02. The van der Waals surface area contributed by atoms with Gasteiger partial charge >= 0.3 is 0 Å². The summed E-state index contributed by atoms with van der Waals surface area (Å²) in [5, 5.41) is 0. The van der Waals surface area contributed by atoms with E-state index in [1.807, 2.05) is 43.3 Å². The lowest BCUT2D eigenvalue weighted by molar-refractivity contribution is 0.0990. The van der Waals surface area contributed by atoms with Gasteiger partial charge in [0.25, 0.3) is 0 Å². The maximum Gasteiger partial charge on any atom is 0.167 e. The number of rotatable bonds is 4. The molecule has 0 aliphatic rings. The van der Waals surface area contributed by atoms with E-state index in [9.17, 15) is 9.59 Å². The number of ketones is 2. The molecule has 0 N–H and O–H groups in total. The molecule has 96 valence electrons. The van der Waals surface area contributed by atoms with E-state index < -0.39 is 0 Å². The Morgan fingerprint density at radius 1 is 0.947 bits per heavy atom. The molecule has 2 aromatic rings. The van der Waals surface area contributed by atoms with Gasteiger partial charge in [0.05, 0.1) is 0 Å². The van der Waals surface area contributed by atoms with E-state index in [4.69, 9.17) is 0 Å². The standard InChI is InChI=1S/C17H16O2/c1-12-5-3-4-6-16(12)17(19)11-14-7-9-15(10-8-14)13(2)18/h3-10H,11H2,1-2H3. The third-order valence-corrected chi connectivity index (χ3v) is 3.17. The van der Waals surface area contributed by atoms with Gasteiger partial charge in [-0.05, 0) is 25.0 Å². The van der Waals surface area contributed by atoms with Crippen LogP contribution in [0.15, 0.2) is 48.5 Å². The molecule has 0 spiro atoms. The molecule has 19 heavy (non-hydrogen) atoms. The van der Waals surface area contributed by atoms with E-state index in [1.54, 1.807) is 12.1 Å². The van der Waals surface area contributed by atoms with Crippen molar-refractivity contribution in [1.82, 2.24) is 0 Å². The maximum atomic E-state index is 12.2. The third-order valence-electron chi connectivity index (χ3n) is 3.17. The van der Waals surface area contributed by atoms with E-state index in [2.05, 4.69) is 0 Å². The molecule has 0 saturated heterocycles. The minimum absolute atomic E-state index is 0.0387. The number of benzene rings is 2. The van der Waals surface area contributed by atoms with Gasteiger partial charge in [-0.1, -0.05) is 48.5 Å². The molecule has 0 saturated carbocycles. The average Bonchev–Trinajstić information content (AvgIpc) is 2.39. The van der Waals surface area contributed by atoms with Crippen LogP contribution in [-0.2, 0) is 6.42 Å². The predicted octanol–water partition coefficient (Wildman–Crippen LogP) is 3.62. The van der Waals surface area contributed by atoms with Crippen molar-refractivity contribution >= 4 is 11.6 Å². The van der Waals surface area contributed by atoms with Gasteiger partial charge < -0.3 is 0 Å². The van der Waals surface area contributed by atoms with Crippen molar-refractivity contribution in [2.45, 2.75) is 20.3 Å². The van der Waals surface area contributed by atoms with E-state index >= 15 is 0 Å². The molecular formula is C17H16O2. The SMILES string of the molecule is CC(=O)c1ccc(CC(=O)c2ccccc2C)cc1. The topological polar surface area (TPSA) is 34.1 Å². The summed E-state index contributed by atoms with van der Waals surface area (Å²) in [6, 6.07) is 14.8. The number of aryl methyl sites for hydroxylation is 1. The van der Waals surface area contributed by atoms with Crippen LogP contribution in [0.5, 0.6) is 0 Å². The summed E-state index contributed by atoms with van der Waals surface area (Å²) in [7, 11) is 0. The Morgan fingerprint density at radius 3 is 2.16 bits per heavy atom. The quantitative estimate of drug-likeness (QED) is 0.779. The minimum atomic E-state index is 0.0387. The lowest BCUT2D eigenvalue weighted by Crippen LogP contribution is -2.05. The van der Waals surface area contributed by atoms with E-state index in [1.165, 1.54) is 6.92 Å². The van der Waals surface area contributed by atoms with Crippen molar-refractivity contribution in [3.8, 4) is 0 Å². The fraction of sp³-hybridized carbons (Fsp3) is 0.176. The van der Waals surface area contributed by atoms with Crippen LogP contribution in [0.1, 0.15) is 38.8 Å². The molecule has 0 aromatic heterocycles. The summed E-state index contributed by atoms with van der Waals surface area (Å²) in [4.78, 5) is 23.4. The van der Waals surface area contributed by atoms with E-state index in [-0.39, 0.29) is 11.6 Å². The summed E-state index contributed by atoms with van der Waals surface area (Å²) >= 11 is 0. The van der Waals surface area contributed by atoms with Crippen molar-refractivity contribution in [1.29, 1.82) is 0 Å². The molecule has 0 aliphatic carbocycles. The normalized spacial score (nSPS) is 10.2. The number of carbonyl (C=O) groups excluding carboxylic acids is 2. The molecule has 0 unspecified atom stereocenters. The molecular weight excluding hydrogens is 236 g/mol. The lowest BCUT2D eigenvalue weighted by atomic mass is 9.98. The lowest BCUT2D eigenvalue weighted by Gasteiger charge is -2.05. The minimum Gasteiger partial charge on any atom is -0.295 e. The zero-order chi connectivity index (χ0) is 13.8. The predicted molar refractivity (Wildman–Crippen MR) is 75.7 cm³/mol. The fourth-order valence-electron chi connectivity index (χ4n) is 2.02. The summed E-state index contributed by atoms with van der Waals surface area (Å²) in [5.74, 6) is 0.144. The average molecular weight is 252 g/mol. The van der Waals surface area contributed by atoms with Crippen molar-refractivity contribution in [2.75, 3.05) is 0 Å². The van der Waals surface area contributed by atoms with Crippen LogP contribution >= 0.6 is 0 Å². The second kappa shape index (κ2) is 5.61. The Bertz CT molecular complexity index is 609. The molecule has 0 atom stereocenters. The molecule has 2 aromatic carbocycles. The van der Waals surface area contributed by atoms with Gasteiger partial charge in [0.15, 0.2) is 11.6 Å². The highest BCUT2D eigenvalue weighted by molar-refractivity contribution is 5.99. The van der Waals surface area contributed by atoms with E-state index in [0.29, 0.717) is 12.0 Å². The highest BCUT2D eigenvalue weighted by Gasteiger charge is 2.09. The van der Waals surface area contributed by atoms with Gasteiger partial charge in [0.1, 0.15) is 0 Å². The van der Waals surface area contributed by atoms with Gasteiger partial charge in [0, 0.05) is 17.5 Å². The largest absolute Gasteiger partial charge is 0.295 e. The first-order valence-electron chi connectivity index (χ1n) is 6.26. The summed E-state index contributed by atoms with van der Waals surface area (Å²) < 4.78 is 0. The van der Waals surface area contributed by atoms with Crippen LogP contribution in [-0.4, -0.2) is 11.6 Å².